The van der Waals surface area contributed by atoms with E-state index in [0.717, 1.165) is 37.2 Å². The third kappa shape index (κ3) is 3.20. The maximum atomic E-state index is 6.23. The molecule has 0 amide bonds. The summed E-state index contributed by atoms with van der Waals surface area (Å²) in [6.45, 7) is 2.27. The molecule has 0 aromatic carbocycles. The lowest BCUT2D eigenvalue weighted by Crippen LogP contribution is -2.27. The number of fused-ring (bicyclic) bond motifs is 1. The maximum Gasteiger partial charge on any atom is 0.224 e. The number of ether oxygens (including phenoxy) is 1. The second-order valence-electron chi connectivity index (χ2n) is 6.35. The van der Waals surface area contributed by atoms with E-state index in [1.165, 1.54) is 36.9 Å². The van der Waals surface area contributed by atoms with E-state index in [2.05, 4.69) is 13.0 Å². The first-order valence-electron chi connectivity index (χ1n) is 8.16. The van der Waals surface area contributed by atoms with Crippen LogP contribution in [-0.2, 0) is 12.8 Å². The van der Waals surface area contributed by atoms with Crippen LogP contribution in [0.3, 0.4) is 0 Å². The third-order valence-electron chi connectivity index (χ3n) is 4.87. The van der Waals surface area contributed by atoms with Crippen molar-refractivity contribution in [2.75, 3.05) is 0 Å². The van der Waals surface area contributed by atoms with Crippen molar-refractivity contribution in [3.8, 4) is 5.88 Å². The molecule has 3 rings (SSSR count). The Morgan fingerprint density at radius 1 is 1.38 bits per heavy atom. The van der Waals surface area contributed by atoms with Gasteiger partial charge in [0.1, 0.15) is 11.1 Å². The van der Waals surface area contributed by atoms with Gasteiger partial charge >= 0.3 is 0 Å². The molecule has 2 N–H and O–H groups in total. The predicted molar refractivity (Wildman–Crippen MR) is 88.8 cm³/mol. The highest BCUT2D eigenvalue weighted by Gasteiger charge is 2.25. The first-order valence-corrected chi connectivity index (χ1v) is 8.57. The molecule has 0 radical (unpaired) electrons. The minimum atomic E-state index is 0.267. The number of rotatable bonds is 4. The zero-order chi connectivity index (χ0) is 14.8. The lowest BCUT2D eigenvalue weighted by molar-refractivity contribution is 0.116. The SMILES string of the molecule is CCC1CCCC(Oc2nc3c(cc2C(N)=S)CCC3)C1. The summed E-state index contributed by atoms with van der Waals surface area (Å²) in [4.78, 5) is 5.13. The van der Waals surface area contributed by atoms with Gasteiger partial charge in [0.25, 0.3) is 0 Å². The number of hydrogen-bond acceptors (Lipinski definition) is 3. The smallest absolute Gasteiger partial charge is 0.224 e. The van der Waals surface area contributed by atoms with Gasteiger partial charge in [0, 0.05) is 5.69 Å². The molecule has 2 aliphatic carbocycles. The molecule has 0 spiro atoms. The third-order valence-corrected chi connectivity index (χ3v) is 5.09. The van der Waals surface area contributed by atoms with Gasteiger partial charge in [-0.1, -0.05) is 32.0 Å². The van der Waals surface area contributed by atoms with E-state index in [0.29, 0.717) is 10.9 Å². The second kappa shape index (κ2) is 6.30. The van der Waals surface area contributed by atoms with Crippen LogP contribution in [0.25, 0.3) is 0 Å². The number of aryl methyl sites for hydroxylation is 2. The average molecular weight is 304 g/mol. The van der Waals surface area contributed by atoms with Crippen LogP contribution in [0.4, 0.5) is 0 Å². The molecular formula is C17H24N2OS. The monoisotopic (exact) mass is 304 g/mol. The van der Waals surface area contributed by atoms with E-state index in [1.807, 2.05) is 0 Å². The average Bonchev–Trinajstić information content (AvgIpc) is 2.93. The van der Waals surface area contributed by atoms with Crippen molar-refractivity contribution in [1.82, 2.24) is 4.98 Å². The Hall–Kier alpha value is -1.16. The number of hydrogen-bond donors (Lipinski definition) is 1. The molecule has 114 valence electrons. The van der Waals surface area contributed by atoms with Crippen LogP contribution in [0.1, 0.15) is 62.3 Å². The number of pyridine rings is 1. The minimum absolute atomic E-state index is 0.267. The molecule has 1 heterocycles. The summed E-state index contributed by atoms with van der Waals surface area (Å²) in [5.41, 5.74) is 9.17. The van der Waals surface area contributed by atoms with Crippen LogP contribution >= 0.6 is 12.2 Å². The number of nitrogens with two attached hydrogens (primary N) is 1. The molecule has 21 heavy (non-hydrogen) atoms. The number of aromatic nitrogens is 1. The first-order chi connectivity index (χ1) is 10.2. The van der Waals surface area contributed by atoms with Gasteiger partial charge in [0.05, 0.1) is 5.56 Å². The Labute approximate surface area is 132 Å². The molecule has 1 fully saturated rings. The minimum Gasteiger partial charge on any atom is -0.474 e. The van der Waals surface area contributed by atoms with Crippen LogP contribution in [-0.4, -0.2) is 16.1 Å². The Morgan fingerprint density at radius 3 is 3.00 bits per heavy atom. The van der Waals surface area contributed by atoms with Gasteiger partial charge in [-0.3, -0.25) is 0 Å². The fourth-order valence-electron chi connectivity index (χ4n) is 3.60. The zero-order valence-corrected chi connectivity index (χ0v) is 13.5. The van der Waals surface area contributed by atoms with Gasteiger partial charge in [-0.2, -0.15) is 0 Å². The Morgan fingerprint density at radius 2 is 2.24 bits per heavy atom. The highest BCUT2D eigenvalue weighted by molar-refractivity contribution is 7.80. The standard InChI is InChI=1S/C17H24N2OS/c1-2-11-5-3-7-13(9-11)20-17-14(16(18)21)10-12-6-4-8-15(12)19-17/h10-11,13H,2-9H2,1H3,(H2,18,21). The van der Waals surface area contributed by atoms with Crippen LogP contribution in [0.2, 0.25) is 0 Å². The topological polar surface area (TPSA) is 48.1 Å². The van der Waals surface area contributed by atoms with E-state index in [4.69, 9.17) is 27.7 Å². The highest BCUT2D eigenvalue weighted by Crippen LogP contribution is 2.32. The predicted octanol–water partition coefficient (Wildman–Crippen LogP) is 3.55. The second-order valence-corrected chi connectivity index (χ2v) is 6.79. The van der Waals surface area contributed by atoms with Crippen molar-refractivity contribution in [2.24, 2.45) is 11.7 Å². The molecule has 0 aliphatic heterocycles. The van der Waals surface area contributed by atoms with E-state index in [9.17, 15) is 0 Å². The molecule has 0 saturated heterocycles. The van der Waals surface area contributed by atoms with Gasteiger partial charge in [-0.25, -0.2) is 4.98 Å². The molecule has 1 saturated carbocycles. The molecule has 2 unspecified atom stereocenters. The largest absolute Gasteiger partial charge is 0.474 e. The van der Waals surface area contributed by atoms with Crippen molar-refractivity contribution in [1.29, 1.82) is 0 Å². The highest BCUT2D eigenvalue weighted by atomic mass is 32.1. The Balaban J connectivity index is 1.82. The molecular weight excluding hydrogens is 280 g/mol. The summed E-state index contributed by atoms with van der Waals surface area (Å²) in [5.74, 6) is 1.45. The lowest BCUT2D eigenvalue weighted by atomic mass is 9.85. The van der Waals surface area contributed by atoms with Crippen LogP contribution in [0, 0.1) is 5.92 Å². The summed E-state index contributed by atoms with van der Waals surface area (Å²) in [7, 11) is 0. The molecule has 0 bridgehead atoms. The number of nitrogens with zero attached hydrogens (tertiary/aromatic N) is 1. The Kier molecular flexibility index (Phi) is 4.43. The molecule has 4 heteroatoms. The quantitative estimate of drug-likeness (QED) is 0.864. The maximum absolute atomic E-state index is 6.23. The van der Waals surface area contributed by atoms with Gasteiger partial charge < -0.3 is 10.5 Å². The van der Waals surface area contributed by atoms with E-state index >= 15 is 0 Å². The molecule has 2 aliphatic rings. The van der Waals surface area contributed by atoms with Crippen molar-refractivity contribution < 1.29 is 4.74 Å². The van der Waals surface area contributed by atoms with Crippen molar-refractivity contribution in [2.45, 2.75) is 64.4 Å². The summed E-state index contributed by atoms with van der Waals surface area (Å²) in [6, 6.07) is 2.10. The van der Waals surface area contributed by atoms with Crippen LogP contribution < -0.4 is 10.5 Å². The van der Waals surface area contributed by atoms with E-state index < -0.39 is 0 Å². The van der Waals surface area contributed by atoms with Gasteiger partial charge in [-0.15, -0.1) is 0 Å². The summed E-state index contributed by atoms with van der Waals surface area (Å²) in [5, 5.41) is 0. The number of thiocarbonyl (C=S) groups is 1. The molecule has 2 atom stereocenters. The fourth-order valence-corrected chi connectivity index (χ4v) is 3.74. The Bertz CT molecular complexity index is 544. The van der Waals surface area contributed by atoms with E-state index in [-0.39, 0.29) is 6.10 Å². The molecule has 3 nitrogen and oxygen atoms in total. The lowest BCUT2D eigenvalue weighted by Gasteiger charge is -2.29. The molecule has 1 aromatic heterocycles. The van der Waals surface area contributed by atoms with Crippen LogP contribution in [0.5, 0.6) is 5.88 Å². The van der Waals surface area contributed by atoms with Crippen LogP contribution in [0.15, 0.2) is 6.07 Å². The first kappa shape index (κ1) is 14.8. The summed E-state index contributed by atoms with van der Waals surface area (Å²) >= 11 is 5.19. The van der Waals surface area contributed by atoms with Gasteiger partial charge in [-0.05, 0) is 56.1 Å². The fraction of sp³-hybridized carbons (Fsp3) is 0.647. The van der Waals surface area contributed by atoms with Crippen molar-refractivity contribution in [3.05, 3.63) is 22.9 Å². The van der Waals surface area contributed by atoms with Crippen molar-refractivity contribution >= 4 is 17.2 Å². The molecule has 1 aromatic rings. The normalized spacial score (nSPS) is 24.6. The van der Waals surface area contributed by atoms with E-state index in [1.54, 1.807) is 0 Å². The zero-order valence-electron chi connectivity index (χ0n) is 12.7. The summed E-state index contributed by atoms with van der Waals surface area (Å²) < 4.78 is 6.23. The van der Waals surface area contributed by atoms with Gasteiger partial charge in [0.2, 0.25) is 5.88 Å². The van der Waals surface area contributed by atoms with Gasteiger partial charge in [0.15, 0.2) is 0 Å². The van der Waals surface area contributed by atoms with Crippen molar-refractivity contribution in [3.63, 3.8) is 0 Å². The summed E-state index contributed by atoms with van der Waals surface area (Å²) in [6.07, 6.45) is 9.63.